The van der Waals surface area contributed by atoms with E-state index >= 15 is 0 Å². The number of sulfone groups is 1. The van der Waals surface area contributed by atoms with Gasteiger partial charge in [0, 0.05) is 6.54 Å². The predicted octanol–water partition coefficient (Wildman–Crippen LogP) is 0.584. The zero-order valence-electron chi connectivity index (χ0n) is 12.2. The van der Waals surface area contributed by atoms with Crippen molar-refractivity contribution in [2.45, 2.75) is 39.3 Å². The fourth-order valence-corrected chi connectivity index (χ4v) is 3.22. The molecule has 0 bridgehead atoms. The lowest BCUT2D eigenvalue weighted by atomic mass is 10.2. The van der Waals surface area contributed by atoms with E-state index in [1.807, 2.05) is 0 Å². The third-order valence-corrected chi connectivity index (χ3v) is 4.25. The van der Waals surface area contributed by atoms with Gasteiger partial charge in [-0.25, -0.2) is 18.0 Å². The van der Waals surface area contributed by atoms with E-state index in [9.17, 15) is 18.0 Å². The van der Waals surface area contributed by atoms with Gasteiger partial charge in [0.1, 0.15) is 11.6 Å². The summed E-state index contributed by atoms with van der Waals surface area (Å²) < 4.78 is 33.3. The second-order valence-electron chi connectivity index (χ2n) is 5.56. The zero-order valence-corrected chi connectivity index (χ0v) is 13.0. The quantitative estimate of drug-likeness (QED) is 0.693. The summed E-state index contributed by atoms with van der Waals surface area (Å²) in [5.41, 5.74) is -0.716. The van der Waals surface area contributed by atoms with Crippen molar-refractivity contribution in [3.05, 3.63) is 0 Å². The number of hydrogen-bond donors (Lipinski definition) is 0. The molecule has 1 rings (SSSR count). The monoisotopic (exact) mass is 307 g/mol. The molecule has 0 radical (unpaired) electrons. The molecule has 0 aromatic rings. The summed E-state index contributed by atoms with van der Waals surface area (Å²) in [6.45, 7) is 6.77. The minimum absolute atomic E-state index is 0.0687. The Morgan fingerprint density at radius 1 is 1.30 bits per heavy atom. The van der Waals surface area contributed by atoms with Gasteiger partial charge in [0.05, 0.1) is 18.1 Å². The van der Waals surface area contributed by atoms with Crippen LogP contribution in [-0.4, -0.2) is 61.7 Å². The van der Waals surface area contributed by atoms with Gasteiger partial charge < -0.3 is 9.47 Å². The van der Waals surface area contributed by atoms with E-state index < -0.39 is 39.3 Å². The van der Waals surface area contributed by atoms with Crippen LogP contribution in [0.25, 0.3) is 0 Å². The van der Waals surface area contributed by atoms with Gasteiger partial charge in [-0.2, -0.15) is 0 Å². The van der Waals surface area contributed by atoms with E-state index in [2.05, 4.69) is 0 Å². The zero-order chi connectivity index (χ0) is 15.6. The molecule has 0 aliphatic carbocycles. The van der Waals surface area contributed by atoms with Crippen LogP contribution in [-0.2, 0) is 24.1 Å². The molecule has 0 aromatic carbocycles. The molecule has 20 heavy (non-hydrogen) atoms. The van der Waals surface area contributed by atoms with Crippen molar-refractivity contribution < 1.29 is 27.5 Å². The van der Waals surface area contributed by atoms with Crippen LogP contribution in [0.3, 0.4) is 0 Å². The van der Waals surface area contributed by atoms with Gasteiger partial charge in [0.25, 0.3) is 0 Å². The Bertz CT molecular complexity index is 479. The first-order valence-corrected chi connectivity index (χ1v) is 8.24. The molecule has 1 unspecified atom stereocenters. The van der Waals surface area contributed by atoms with Crippen LogP contribution in [0.5, 0.6) is 0 Å². The van der Waals surface area contributed by atoms with Gasteiger partial charge >= 0.3 is 12.1 Å². The number of carbonyl (C=O) groups is 2. The maximum atomic E-state index is 12.0. The Hall–Kier alpha value is -1.31. The van der Waals surface area contributed by atoms with Crippen LogP contribution in [0.1, 0.15) is 27.7 Å². The molecule has 116 valence electrons. The molecule has 1 aliphatic rings. The summed E-state index contributed by atoms with van der Waals surface area (Å²) in [4.78, 5) is 25.0. The molecule has 1 saturated heterocycles. The number of ether oxygens (including phenoxy) is 2. The Balaban J connectivity index is 2.91. The van der Waals surface area contributed by atoms with Crippen molar-refractivity contribution in [1.29, 1.82) is 0 Å². The Labute approximate surface area is 119 Å². The fourth-order valence-electron chi connectivity index (χ4n) is 1.78. The molecular weight excluding hydrogens is 286 g/mol. The number of carbonyl (C=O) groups excluding carboxylic acids is 2. The molecule has 0 N–H and O–H groups in total. The van der Waals surface area contributed by atoms with Crippen LogP contribution in [0.4, 0.5) is 4.79 Å². The summed E-state index contributed by atoms with van der Waals surface area (Å²) in [5.74, 6) is -1.32. The first-order valence-electron chi connectivity index (χ1n) is 6.42. The highest BCUT2D eigenvalue weighted by molar-refractivity contribution is 7.91. The highest BCUT2D eigenvalue weighted by Gasteiger charge is 2.41. The van der Waals surface area contributed by atoms with Crippen molar-refractivity contribution >= 4 is 21.9 Å². The van der Waals surface area contributed by atoms with Crippen LogP contribution in [0.2, 0.25) is 0 Å². The Morgan fingerprint density at radius 2 is 1.90 bits per heavy atom. The van der Waals surface area contributed by atoms with E-state index in [4.69, 9.17) is 9.47 Å². The molecular formula is C12H21NO6S. The number of hydrogen-bond acceptors (Lipinski definition) is 6. The summed E-state index contributed by atoms with van der Waals surface area (Å²) >= 11 is 0. The van der Waals surface area contributed by atoms with E-state index in [0.717, 1.165) is 4.90 Å². The predicted molar refractivity (Wildman–Crippen MR) is 72.0 cm³/mol. The first-order chi connectivity index (χ1) is 9.06. The van der Waals surface area contributed by atoms with E-state index in [1.54, 1.807) is 27.7 Å². The molecule has 0 aromatic heterocycles. The second-order valence-corrected chi connectivity index (χ2v) is 7.78. The molecule has 8 heteroatoms. The van der Waals surface area contributed by atoms with E-state index in [1.165, 1.54) is 0 Å². The molecule has 0 spiro atoms. The third kappa shape index (κ3) is 4.66. The van der Waals surface area contributed by atoms with Crippen LogP contribution in [0.15, 0.2) is 0 Å². The van der Waals surface area contributed by atoms with Gasteiger partial charge in [-0.15, -0.1) is 0 Å². The van der Waals surface area contributed by atoms with Gasteiger partial charge in [-0.3, -0.25) is 4.90 Å². The average molecular weight is 307 g/mol. The summed E-state index contributed by atoms with van der Waals surface area (Å²) in [6, 6.07) is -1.14. The lowest BCUT2D eigenvalue weighted by Gasteiger charge is -2.34. The molecule has 1 heterocycles. The summed E-state index contributed by atoms with van der Waals surface area (Å²) in [6.07, 6.45) is -0.703. The van der Waals surface area contributed by atoms with Crippen LogP contribution < -0.4 is 0 Å². The van der Waals surface area contributed by atoms with Crippen molar-refractivity contribution in [2.24, 2.45) is 0 Å². The lowest BCUT2D eigenvalue weighted by Crippen LogP contribution is -2.56. The van der Waals surface area contributed by atoms with Gasteiger partial charge in [-0.1, -0.05) is 0 Å². The summed E-state index contributed by atoms with van der Waals surface area (Å²) in [5, 5.41) is 0. The highest BCUT2D eigenvalue weighted by Crippen LogP contribution is 2.18. The highest BCUT2D eigenvalue weighted by atomic mass is 32.2. The largest absolute Gasteiger partial charge is 0.464 e. The first kappa shape index (κ1) is 16.7. The smallest absolute Gasteiger partial charge is 0.411 e. The Kier molecular flexibility index (Phi) is 5.01. The van der Waals surface area contributed by atoms with Crippen molar-refractivity contribution in [1.82, 2.24) is 4.90 Å². The van der Waals surface area contributed by atoms with Crippen LogP contribution in [0, 0.1) is 0 Å². The number of nitrogens with zero attached hydrogens (tertiary/aromatic N) is 1. The topological polar surface area (TPSA) is 90.0 Å². The SMILES string of the molecule is CCOC(=O)C1CS(=O)(=O)CCN1C(=O)OC(C)(C)C. The van der Waals surface area contributed by atoms with Crippen molar-refractivity contribution in [3.63, 3.8) is 0 Å². The molecule has 1 fully saturated rings. The van der Waals surface area contributed by atoms with Gasteiger partial charge in [0.2, 0.25) is 0 Å². The molecule has 1 atom stereocenters. The van der Waals surface area contributed by atoms with Crippen LogP contribution >= 0.6 is 0 Å². The maximum Gasteiger partial charge on any atom is 0.411 e. The van der Waals surface area contributed by atoms with Gasteiger partial charge in [0.15, 0.2) is 9.84 Å². The molecule has 7 nitrogen and oxygen atoms in total. The molecule has 1 aliphatic heterocycles. The maximum absolute atomic E-state index is 12.0. The minimum Gasteiger partial charge on any atom is -0.464 e. The van der Waals surface area contributed by atoms with Crippen molar-refractivity contribution in [3.8, 4) is 0 Å². The van der Waals surface area contributed by atoms with E-state index in [-0.39, 0.29) is 18.9 Å². The molecule has 0 saturated carbocycles. The lowest BCUT2D eigenvalue weighted by molar-refractivity contribution is -0.148. The average Bonchev–Trinajstić information content (AvgIpc) is 2.25. The van der Waals surface area contributed by atoms with Crippen molar-refractivity contribution in [2.75, 3.05) is 24.7 Å². The molecule has 1 amide bonds. The number of amides is 1. The second kappa shape index (κ2) is 5.99. The number of esters is 1. The normalized spacial score (nSPS) is 22.2. The minimum atomic E-state index is -3.36. The standard InChI is InChI=1S/C12H21NO6S/c1-5-18-10(14)9-8-20(16,17)7-6-13(9)11(15)19-12(2,3)4/h9H,5-8H2,1-4H3. The van der Waals surface area contributed by atoms with E-state index in [0.29, 0.717) is 0 Å². The summed E-state index contributed by atoms with van der Waals surface area (Å²) in [7, 11) is -3.36. The third-order valence-electron chi connectivity index (χ3n) is 2.62. The Morgan fingerprint density at radius 3 is 2.40 bits per heavy atom. The number of rotatable bonds is 2. The fraction of sp³-hybridized carbons (Fsp3) is 0.833. The van der Waals surface area contributed by atoms with Gasteiger partial charge in [-0.05, 0) is 27.7 Å².